The van der Waals surface area contributed by atoms with Crippen LogP contribution in [0.4, 0.5) is 5.82 Å². The highest BCUT2D eigenvalue weighted by atomic mass is 35.5. The molecule has 152 valence electrons. The monoisotopic (exact) mass is 432 g/mol. The van der Waals surface area contributed by atoms with Gasteiger partial charge in [-0.2, -0.15) is 4.98 Å². The lowest BCUT2D eigenvalue weighted by Crippen LogP contribution is -2.36. The lowest BCUT2D eigenvalue weighted by Gasteiger charge is -2.28. The number of carbonyl (C=O) groups excluding carboxylic acids is 1. The Morgan fingerprint density at radius 2 is 2.03 bits per heavy atom. The Balaban J connectivity index is 1.58. The van der Waals surface area contributed by atoms with Crippen LogP contribution < -0.4 is 10.2 Å². The molecule has 1 atom stereocenters. The van der Waals surface area contributed by atoms with Gasteiger partial charge in [-0.25, -0.2) is 4.98 Å². The number of morpholine rings is 1. The van der Waals surface area contributed by atoms with Gasteiger partial charge in [-0.3, -0.25) is 4.79 Å². The number of anilines is 1. The molecule has 2 aromatic heterocycles. The second kappa shape index (κ2) is 8.62. The third-order valence-electron chi connectivity index (χ3n) is 4.72. The molecule has 0 unspecified atom stereocenters. The number of hydrogen-bond donors (Lipinski definition) is 2. The third kappa shape index (κ3) is 4.51. The van der Waals surface area contributed by atoms with Crippen LogP contribution in [0.5, 0.6) is 0 Å². The predicted molar refractivity (Wildman–Crippen MR) is 114 cm³/mol. The number of nitrogens with one attached hydrogen (secondary N) is 1. The summed E-state index contributed by atoms with van der Waals surface area (Å²) >= 11 is 7.81. The summed E-state index contributed by atoms with van der Waals surface area (Å²) in [7, 11) is 0. The van der Waals surface area contributed by atoms with Crippen molar-refractivity contribution < 1.29 is 14.6 Å². The Bertz CT molecular complexity index is 1020. The van der Waals surface area contributed by atoms with Crippen molar-refractivity contribution >= 4 is 44.9 Å². The van der Waals surface area contributed by atoms with Gasteiger partial charge in [0.05, 0.1) is 23.4 Å². The highest BCUT2D eigenvalue weighted by Gasteiger charge is 2.19. The minimum atomic E-state index is -1.01. The van der Waals surface area contributed by atoms with E-state index in [2.05, 4.69) is 20.2 Å². The normalized spacial score (nSPS) is 15.5. The zero-order chi connectivity index (χ0) is 20.4. The van der Waals surface area contributed by atoms with Gasteiger partial charge >= 0.3 is 0 Å². The molecule has 0 aliphatic carbocycles. The lowest BCUT2D eigenvalue weighted by molar-refractivity contribution is -0.128. The first-order valence-electron chi connectivity index (χ1n) is 9.36. The van der Waals surface area contributed by atoms with E-state index in [0.29, 0.717) is 19.8 Å². The van der Waals surface area contributed by atoms with E-state index >= 15 is 0 Å². The first-order chi connectivity index (χ1) is 14.0. The van der Waals surface area contributed by atoms with Crippen LogP contribution in [0.1, 0.15) is 12.5 Å². The number of rotatable bonds is 5. The van der Waals surface area contributed by atoms with Crippen molar-refractivity contribution in [1.29, 1.82) is 0 Å². The van der Waals surface area contributed by atoms with Gasteiger partial charge in [0, 0.05) is 24.5 Å². The van der Waals surface area contributed by atoms with E-state index in [1.54, 1.807) is 11.3 Å². The average molecular weight is 433 g/mol. The Hall–Kier alpha value is -2.26. The SMILES string of the molecule is C[C@H](O)C(=O)NCc1ccc(-c2cc3nc(Cl)nc(N4CCOCC4)c3s2)cc1. The molecule has 1 aromatic carbocycles. The second-order valence-corrected chi connectivity index (χ2v) is 8.22. The molecule has 1 aliphatic heterocycles. The minimum absolute atomic E-state index is 0.243. The number of ether oxygens (including phenoxy) is 1. The summed E-state index contributed by atoms with van der Waals surface area (Å²) in [5, 5.41) is 12.2. The Labute approximate surface area is 177 Å². The van der Waals surface area contributed by atoms with Crippen molar-refractivity contribution in [3.8, 4) is 10.4 Å². The number of amides is 1. The molecule has 1 saturated heterocycles. The molecule has 1 aliphatic rings. The molecular weight excluding hydrogens is 412 g/mol. The van der Waals surface area contributed by atoms with E-state index in [9.17, 15) is 9.90 Å². The Kier molecular flexibility index (Phi) is 5.96. The summed E-state index contributed by atoms with van der Waals surface area (Å²) in [6.07, 6.45) is -1.01. The topological polar surface area (TPSA) is 87.6 Å². The number of hydrogen-bond acceptors (Lipinski definition) is 7. The van der Waals surface area contributed by atoms with Gasteiger partial charge in [0.2, 0.25) is 11.2 Å². The van der Waals surface area contributed by atoms with Crippen molar-refractivity contribution in [2.45, 2.75) is 19.6 Å². The predicted octanol–water partition coefficient (Wildman–Crippen LogP) is 2.85. The van der Waals surface area contributed by atoms with E-state index in [1.807, 2.05) is 30.3 Å². The van der Waals surface area contributed by atoms with Gasteiger partial charge < -0.3 is 20.1 Å². The summed E-state index contributed by atoms with van der Waals surface area (Å²) in [6.45, 7) is 4.73. The van der Waals surface area contributed by atoms with Crippen molar-refractivity contribution in [1.82, 2.24) is 15.3 Å². The highest BCUT2D eigenvalue weighted by molar-refractivity contribution is 7.22. The number of aliphatic hydroxyl groups excluding tert-OH is 1. The molecule has 0 bridgehead atoms. The maximum absolute atomic E-state index is 11.5. The first-order valence-corrected chi connectivity index (χ1v) is 10.6. The molecule has 2 N–H and O–H groups in total. The van der Waals surface area contributed by atoms with Crippen LogP contribution in [0.3, 0.4) is 0 Å². The number of carbonyl (C=O) groups is 1. The van der Waals surface area contributed by atoms with Crippen LogP contribution in [0, 0.1) is 0 Å². The van der Waals surface area contributed by atoms with Gasteiger partial charge in [0.1, 0.15) is 6.10 Å². The van der Waals surface area contributed by atoms with Crippen LogP contribution >= 0.6 is 22.9 Å². The maximum atomic E-state index is 11.5. The van der Waals surface area contributed by atoms with Crippen LogP contribution in [-0.4, -0.2) is 53.4 Å². The number of aliphatic hydroxyl groups is 1. The van der Waals surface area contributed by atoms with Crippen LogP contribution in [0.15, 0.2) is 30.3 Å². The Morgan fingerprint density at radius 1 is 1.31 bits per heavy atom. The van der Waals surface area contributed by atoms with E-state index in [1.165, 1.54) is 6.92 Å². The van der Waals surface area contributed by atoms with Gasteiger partial charge in [-0.15, -0.1) is 11.3 Å². The Morgan fingerprint density at radius 3 is 2.72 bits per heavy atom. The molecule has 0 spiro atoms. The molecule has 0 saturated carbocycles. The van der Waals surface area contributed by atoms with Gasteiger partial charge in [-0.1, -0.05) is 24.3 Å². The average Bonchev–Trinajstić information content (AvgIpc) is 3.16. The smallest absolute Gasteiger partial charge is 0.248 e. The zero-order valence-electron chi connectivity index (χ0n) is 15.9. The summed E-state index contributed by atoms with van der Waals surface area (Å²) < 4.78 is 6.46. The molecule has 29 heavy (non-hydrogen) atoms. The fourth-order valence-corrected chi connectivity index (χ4v) is 4.43. The quantitative estimate of drug-likeness (QED) is 0.603. The third-order valence-corrected chi connectivity index (χ3v) is 6.06. The van der Waals surface area contributed by atoms with Crippen molar-refractivity contribution in [3.05, 3.63) is 41.2 Å². The summed E-state index contributed by atoms with van der Waals surface area (Å²) in [6, 6.07) is 9.98. The number of aromatic nitrogens is 2. The summed E-state index contributed by atoms with van der Waals surface area (Å²) in [5.74, 6) is 0.474. The van der Waals surface area contributed by atoms with Crippen LogP contribution in [0.2, 0.25) is 5.28 Å². The standard InChI is InChI=1S/C20H21ClN4O3S/c1-12(26)19(27)22-11-13-2-4-14(5-3-13)16-10-15-17(29-16)18(24-20(21)23-15)25-6-8-28-9-7-25/h2-5,10,12,26H,6-9,11H2,1H3,(H,22,27)/t12-/m0/s1. The second-order valence-electron chi connectivity index (χ2n) is 6.83. The molecule has 4 rings (SSSR count). The minimum Gasteiger partial charge on any atom is -0.384 e. The molecule has 7 nitrogen and oxygen atoms in total. The van der Waals surface area contributed by atoms with Crippen molar-refractivity contribution in [2.75, 3.05) is 31.2 Å². The van der Waals surface area contributed by atoms with Crippen LogP contribution in [-0.2, 0) is 16.1 Å². The van der Waals surface area contributed by atoms with Crippen molar-refractivity contribution in [3.63, 3.8) is 0 Å². The largest absolute Gasteiger partial charge is 0.384 e. The van der Waals surface area contributed by atoms with Crippen LogP contribution in [0.25, 0.3) is 20.7 Å². The van der Waals surface area contributed by atoms with E-state index in [0.717, 1.165) is 45.1 Å². The molecule has 3 heterocycles. The summed E-state index contributed by atoms with van der Waals surface area (Å²) in [5.41, 5.74) is 2.85. The van der Waals surface area contributed by atoms with Gasteiger partial charge in [0.15, 0.2) is 5.82 Å². The first kappa shape index (κ1) is 20.0. The number of halogens is 1. The zero-order valence-corrected chi connectivity index (χ0v) is 17.5. The van der Waals surface area contributed by atoms with E-state index in [4.69, 9.17) is 16.3 Å². The lowest BCUT2D eigenvalue weighted by atomic mass is 10.1. The van der Waals surface area contributed by atoms with Crippen molar-refractivity contribution in [2.24, 2.45) is 0 Å². The molecule has 9 heteroatoms. The molecule has 3 aromatic rings. The van der Waals surface area contributed by atoms with Gasteiger partial charge in [-0.05, 0) is 35.7 Å². The molecule has 0 radical (unpaired) electrons. The fraction of sp³-hybridized carbons (Fsp3) is 0.350. The molecular formula is C20H21ClN4O3S. The van der Waals surface area contributed by atoms with E-state index < -0.39 is 6.10 Å². The highest BCUT2D eigenvalue weighted by Crippen LogP contribution is 2.38. The number of benzene rings is 1. The number of nitrogens with zero attached hydrogens (tertiary/aromatic N) is 3. The fourth-order valence-electron chi connectivity index (χ4n) is 3.14. The summed E-state index contributed by atoms with van der Waals surface area (Å²) in [4.78, 5) is 23.6. The maximum Gasteiger partial charge on any atom is 0.248 e. The van der Waals surface area contributed by atoms with Gasteiger partial charge in [0.25, 0.3) is 0 Å². The number of thiophene rings is 1. The van der Waals surface area contributed by atoms with E-state index in [-0.39, 0.29) is 11.2 Å². The molecule has 1 amide bonds. The number of fused-ring (bicyclic) bond motifs is 1. The molecule has 1 fully saturated rings.